The van der Waals surface area contributed by atoms with Crippen molar-refractivity contribution in [2.45, 2.75) is 13.8 Å². The highest BCUT2D eigenvalue weighted by atomic mass is 32.2. The van der Waals surface area contributed by atoms with Crippen molar-refractivity contribution in [2.75, 3.05) is 48.7 Å². The zero-order chi connectivity index (χ0) is 22.6. The lowest BCUT2D eigenvalue weighted by molar-refractivity contribution is -0.114. The minimum Gasteiger partial charge on any atom is -0.378 e. The molecule has 0 spiro atoms. The molecule has 0 unspecified atom stereocenters. The molecule has 0 radical (unpaired) electrons. The van der Waals surface area contributed by atoms with Crippen molar-refractivity contribution in [2.24, 2.45) is 0 Å². The molecule has 9 heteroatoms. The lowest BCUT2D eigenvalue weighted by Crippen LogP contribution is -2.40. The lowest BCUT2D eigenvalue weighted by Gasteiger charge is -2.27. The van der Waals surface area contributed by atoms with Crippen molar-refractivity contribution in [1.82, 2.24) is 4.90 Å². The van der Waals surface area contributed by atoms with E-state index in [-0.39, 0.29) is 12.5 Å². The summed E-state index contributed by atoms with van der Waals surface area (Å²) in [5.41, 5.74) is 3.37. The number of ether oxygens (including phenoxy) is 1. The number of nitrogens with zero attached hydrogens (tertiary/aromatic N) is 2. The van der Waals surface area contributed by atoms with Crippen molar-refractivity contribution in [3.05, 3.63) is 59.2 Å². The van der Waals surface area contributed by atoms with Gasteiger partial charge in [0.25, 0.3) is 5.91 Å². The van der Waals surface area contributed by atoms with Gasteiger partial charge in [0.2, 0.25) is 15.9 Å². The first-order valence-electron chi connectivity index (χ1n) is 9.97. The van der Waals surface area contributed by atoms with E-state index in [1.165, 1.54) is 0 Å². The van der Waals surface area contributed by atoms with Crippen molar-refractivity contribution >= 4 is 33.2 Å². The fraction of sp³-hybridized carbons (Fsp3) is 0.364. The first kappa shape index (κ1) is 22.8. The Morgan fingerprint density at radius 3 is 2.32 bits per heavy atom. The van der Waals surface area contributed by atoms with Crippen LogP contribution in [0.2, 0.25) is 0 Å². The molecule has 31 heavy (non-hydrogen) atoms. The van der Waals surface area contributed by atoms with Crippen LogP contribution in [0.1, 0.15) is 21.5 Å². The number of benzene rings is 2. The number of nitrogens with one attached hydrogen (secondary N) is 1. The van der Waals surface area contributed by atoms with Crippen LogP contribution < -0.4 is 9.62 Å². The summed E-state index contributed by atoms with van der Waals surface area (Å²) in [7, 11) is -3.72. The summed E-state index contributed by atoms with van der Waals surface area (Å²) in [6.45, 7) is 5.51. The van der Waals surface area contributed by atoms with Crippen LogP contribution in [0, 0.1) is 13.8 Å². The maximum Gasteiger partial charge on any atom is 0.254 e. The fourth-order valence-corrected chi connectivity index (χ4v) is 4.18. The fourth-order valence-electron chi connectivity index (χ4n) is 3.33. The third kappa shape index (κ3) is 5.62. The Morgan fingerprint density at radius 2 is 1.71 bits per heavy atom. The Balaban J connectivity index is 1.75. The number of anilines is 2. The van der Waals surface area contributed by atoms with Crippen molar-refractivity contribution in [1.29, 1.82) is 0 Å². The molecule has 2 aromatic carbocycles. The largest absolute Gasteiger partial charge is 0.378 e. The van der Waals surface area contributed by atoms with Crippen LogP contribution >= 0.6 is 0 Å². The summed E-state index contributed by atoms with van der Waals surface area (Å²) in [6.07, 6.45) is 1.05. The van der Waals surface area contributed by atoms with Gasteiger partial charge in [-0.1, -0.05) is 12.1 Å². The molecular formula is C22H27N3O5S. The Labute approximate surface area is 182 Å². The number of hydrogen-bond acceptors (Lipinski definition) is 5. The van der Waals surface area contributed by atoms with Crippen LogP contribution in [-0.2, 0) is 19.6 Å². The van der Waals surface area contributed by atoms with E-state index >= 15 is 0 Å². The number of aryl methyl sites for hydroxylation is 1. The molecule has 0 aromatic heterocycles. The zero-order valence-corrected chi connectivity index (χ0v) is 18.7. The highest BCUT2D eigenvalue weighted by Crippen LogP contribution is 2.21. The number of sulfonamides is 1. The Morgan fingerprint density at radius 1 is 1.06 bits per heavy atom. The smallest absolute Gasteiger partial charge is 0.254 e. The number of carbonyl (C=O) groups excluding carboxylic acids is 2. The third-order valence-electron chi connectivity index (χ3n) is 5.27. The van der Waals surface area contributed by atoms with E-state index in [1.54, 1.807) is 35.2 Å². The van der Waals surface area contributed by atoms with Gasteiger partial charge >= 0.3 is 0 Å². The summed E-state index contributed by atoms with van der Waals surface area (Å²) >= 11 is 0. The van der Waals surface area contributed by atoms with Crippen LogP contribution in [-0.4, -0.2) is 64.2 Å². The van der Waals surface area contributed by atoms with E-state index < -0.39 is 15.9 Å². The normalized spacial score (nSPS) is 14.2. The molecule has 0 aliphatic carbocycles. The predicted molar refractivity (Wildman–Crippen MR) is 120 cm³/mol. The summed E-state index contributed by atoms with van der Waals surface area (Å²) < 4.78 is 31.0. The van der Waals surface area contributed by atoms with Gasteiger partial charge in [0, 0.05) is 24.3 Å². The molecule has 3 rings (SSSR count). The monoisotopic (exact) mass is 445 g/mol. The van der Waals surface area contributed by atoms with Gasteiger partial charge in [0.1, 0.15) is 6.54 Å². The number of carbonyl (C=O) groups is 2. The first-order valence-corrected chi connectivity index (χ1v) is 11.8. The van der Waals surface area contributed by atoms with Crippen LogP contribution in [0.3, 0.4) is 0 Å². The van der Waals surface area contributed by atoms with Gasteiger partial charge in [0.15, 0.2) is 0 Å². The minimum absolute atomic E-state index is 0.131. The SMILES string of the molecule is Cc1cccc(NC(=O)CN(c2ccc(C(=O)N3CCOCC3)cc2)S(C)(=O)=O)c1C. The quantitative estimate of drug-likeness (QED) is 0.735. The maximum absolute atomic E-state index is 12.6. The molecule has 0 bridgehead atoms. The average molecular weight is 446 g/mol. The molecule has 166 valence electrons. The molecule has 2 amide bonds. The van der Waals surface area contributed by atoms with Crippen LogP contribution in [0.5, 0.6) is 0 Å². The van der Waals surface area contributed by atoms with E-state index in [1.807, 2.05) is 26.0 Å². The third-order valence-corrected chi connectivity index (χ3v) is 6.41. The van der Waals surface area contributed by atoms with Crippen molar-refractivity contribution < 1.29 is 22.7 Å². The van der Waals surface area contributed by atoms with Gasteiger partial charge < -0.3 is 15.0 Å². The molecule has 1 N–H and O–H groups in total. The summed E-state index contributed by atoms with van der Waals surface area (Å²) in [6, 6.07) is 11.8. The van der Waals surface area contributed by atoms with E-state index in [0.717, 1.165) is 21.7 Å². The van der Waals surface area contributed by atoms with Gasteiger partial charge in [-0.25, -0.2) is 8.42 Å². The van der Waals surface area contributed by atoms with Gasteiger partial charge in [-0.3, -0.25) is 13.9 Å². The Bertz CT molecular complexity index is 1060. The standard InChI is InChI=1S/C22H27N3O5S/c1-16-5-4-6-20(17(16)2)23-21(26)15-25(31(3,28)29)19-9-7-18(8-10-19)22(27)24-11-13-30-14-12-24/h4-10H,11-15H2,1-3H3,(H,23,26). The summed E-state index contributed by atoms with van der Waals surface area (Å²) in [5.74, 6) is -0.582. The topological polar surface area (TPSA) is 96.0 Å². The molecule has 1 saturated heterocycles. The van der Waals surface area contributed by atoms with E-state index in [0.29, 0.717) is 43.2 Å². The molecule has 2 aromatic rings. The average Bonchev–Trinajstić information content (AvgIpc) is 2.75. The molecule has 1 aliphatic rings. The maximum atomic E-state index is 12.6. The summed E-state index contributed by atoms with van der Waals surface area (Å²) in [5, 5.41) is 2.78. The molecule has 0 saturated carbocycles. The van der Waals surface area contributed by atoms with Gasteiger partial charge in [-0.2, -0.15) is 0 Å². The van der Waals surface area contributed by atoms with Crippen LogP contribution in [0.25, 0.3) is 0 Å². The van der Waals surface area contributed by atoms with E-state index in [4.69, 9.17) is 4.74 Å². The highest BCUT2D eigenvalue weighted by molar-refractivity contribution is 7.92. The molecule has 1 aliphatic heterocycles. The van der Waals surface area contributed by atoms with Crippen molar-refractivity contribution in [3.63, 3.8) is 0 Å². The summed E-state index contributed by atoms with van der Waals surface area (Å²) in [4.78, 5) is 26.9. The predicted octanol–water partition coefficient (Wildman–Crippen LogP) is 2.18. The number of hydrogen-bond donors (Lipinski definition) is 1. The second kappa shape index (κ2) is 9.49. The zero-order valence-electron chi connectivity index (χ0n) is 17.9. The number of rotatable bonds is 6. The second-order valence-corrected chi connectivity index (χ2v) is 9.42. The van der Waals surface area contributed by atoms with Crippen LogP contribution in [0.4, 0.5) is 11.4 Å². The van der Waals surface area contributed by atoms with Gasteiger partial charge in [-0.15, -0.1) is 0 Å². The minimum atomic E-state index is -3.72. The second-order valence-electron chi connectivity index (χ2n) is 7.52. The highest BCUT2D eigenvalue weighted by Gasteiger charge is 2.23. The first-order chi connectivity index (χ1) is 14.7. The van der Waals surface area contributed by atoms with E-state index in [9.17, 15) is 18.0 Å². The molecule has 0 atom stereocenters. The molecule has 1 fully saturated rings. The van der Waals surface area contributed by atoms with E-state index in [2.05, 4.69) is 5.32 Å². The Kier molecular flexibility index (Phi) is 6.97. The van der Waals surface area contributed by atoms with Crippen LogP contribution in [0.15, 0.2) is 42.5 Å². The molecular weight excluding hydrogens is 418 g/mol. The van der Waals surface area contributed by atoms with Gasteiger partial charge in [-0.05, 0) is 55.3 Å². The van der Waals surface area contributed by atoms with Gasteiger partial charge in [0.05, 0.1) is 25.2 Å². The lowest BCUT2D eigenvalue weighted by atomic mass is 10.1. The molecule has 1 heterocycles. The number of amides is 2. The Hall–Kier alpha value is -2.91. The van der Waals surface area contributed by atoms with Crippen molar-refractivity contribution in [3.8, 4) is 0 Å². The number of morpholine rings is 1. The molecule has 8 nitrogen and oxygen atoms in total.